The van der Waals surface area contributed by atoms with Crippen LogP contribution in [0.2, 0.25) is 10.0 Å². The first kappa shape index (κ1) is 21.5. The molecule has 0 aliphatic carbocycles. The molecule has 4 aromatic rings. The molecule has 162 valence electrons. The number of nitrogen functional groups attached to an aromatic ring is 1. The number of pyridine rings is 2. The maximum atomic E-state index is 10.9. The summed E-state index contributed by atoms with van der Waals surface area (Å²) in [5.41, 5.74) is 9.65. The number of aromatic nitrogens is 4. The average molecular weight is 470 g/mol. The SMILES string of the molecule is Nc1nc(NCCc2cc(-c3ccc(Cl)cc3Cl)ncc2-c2cnc[nH]2)ccc1[N+](=O)[O-]. The van der Waals surface area contributed by atoms with Gasteiger partial charge >= 0.3 is 5.69 Å². The first-order valence-corrected chi connectivity index (χ1v) is 10.3. The summed E-state index contributed by atoms with van der Waals surface area (Å²) in [5, 5.41) is 15.1. The van der Waals surface area contributed by atoms with E-state index in [0.717, 1.165) is 22.4 Å². The number of rotatable bonds is 7. The van der Waals surface area contributed by atoms with Crippen LogP contribution in [0.25, 0.3) is 22.5 Å². The Labute approximate surface area is 192 Å². The number of halogens is 2. The van der Waals surface area contributed by atoms with E-state index in [0.29, 0.717) is 34.5 Å². The van der Waals surface area contributed by atoms with Gasteiger partial charge in [-0.2, -0.15) is 0 Å². The van der Waals surface area contributed by atoms with Crippen molar-refractivity contribution in [3.63, 3.8) is 0 Å². The molecule has 1 aromatic carbocycles. The molecule has 0 aliphatic heterocycles. The molecular weight excluding hydrogens is 453 g/mol. The highest BCUT2D eigenvalue weighted by molar-refractivity contribution is 6.36. The molecule has 0 saturated carbocycles. The van der Waals surface area contributed by atoms with Crippen molar-refractivity contribution in [3.8, 4) is 22.5 Å². The lowest BCUT2D eigenvalue weighted by atomic mass is 10.0. The van der Waals surface area contributed by atoms with Crippen LogP contribution in [0.15, 0.2) is 55.1 Å². The van der Waals surface area contributed by atoms with Crippen molar-refractivity contribution in [3.05, 3.63) is 80.8 Å². The van der Waals surface area contributed by atoms with E-state index in [1.807, 2.05) is 12.1 Å². The van der Waals surface area contributed by atoms with E-state index in [2.05, 4.69) is 25.3 Å². The number of imidazole rings is 1. The zero-order valence-electron chi connectivity index (χ0n) is 16.5. The van der Waals surface area contributed by atoms with Gasteiger partial charge in [0.05, 0.1) is 33.9 Å². The summed E-state index contributed by atoms with van der Waals surface area (Å²) in [7, 11) is 0. The Morgan fingerprint density at radius 3 is 2.66 bits per heavy atom. The molecule has 4 N–H and O–H groups in total. The number of hydrogen-bond acceptors (Lipinski definition) is 7. The fourth-order valence-electron chi connectivity index (χ4n) is 3.24. The summed E-state index contributed by atoms with van der Waals surface area (Å²) in [6.07, 6.45) is 5.70. The van der Waals surface area contributed by atoms with Crippen LogP contribution in [0.1, 0.15) is 5.56 Å². The third kappa shape index (κ3) is 4.63. The standard InChI is InChI=1S/C21H17Cl2N7O2/c22-13-1-2-14(16(23)8-13)17-7-12(15(9-27-17)18-10-25-11-28-18)5-6-26-20-4-3-19(30(31)32)21(24)29-20/h1-4,7-11H,5-6H2,(H,25,28)(H3,24,26,29). The number of nitro groups is 1. The van der Waals surface area contributed by atoms with Crippen molar-refractivity contribution >= 4 is 40.5 Å². The number of H-pyrrole nitrogens is 1. The first-order valence-electron chi connectivity index (χ1n) is 9.50. The highest BCUT2D eigenvalue weighted by atomic mass is 35.5. The molecule has 0 radical (unpaired) electrons. The molecule has 0 unspecified atom stereocenters. The highest BCUT2D eigenvalue weighted by Gasteiger charge is 2.14. The smallest absolute Gasteiger partial charge is 0.311 e. The normalized spacial score (nSPS) is 10.8. The van der Waals surface area contributed by atoms with Gasteiger partial charge in [0.15, 0.2) is 0 Å². The number of anilines is 2. The monoisotopic (exact) mass is 469 g/mol. The van der Waals surface area contributed by atoms with E-state index in [9.17, 15) is 10.1 Å². The van der Waals surface area contributed by atoms with Crippen LogP contribution < -0.4 is 11.1 Å². The fraction of sp³-hybridized carbons (Fsp3) is 0.0952. The van der Waals surface area contributed by atoms with Gasteiger partial charge in [0, 0.05) is 35.0 Å². The molecular formula is C21H17Cl2N7O2. The molecule has 0 saturated heterocycles. The van der Waals surface area contributed by atoms with Gasteiger partial charge in [0.1, 0.15) is 5.82 Å². The average Bonchev–Trinajstić information content (AvgIpc) is 3.28. The van der Waals surface area contributed by atoms with E-state index in [-0.39, 0.29) is 11.5 Å². The fourth-order valence-corrected chi connectivity index (χ4v) is 3.75. The molecule has 0 fully saturated rings. The van der Waals surface area contributed by atoms with E-state index in [4.69, 9.17) is 28.9 Å². The second-order valence-electron chi connectivity index (χ2n) is 6.85. The maximum absolute atomic E-state index is 10.9. The topological polar surface area (TPSA) is 136 Å². The minimum absolute atomic E-state index is 0.137. The van der Waals surface area contributed by atoms with Gasteiger partial charge in [0.2, 0.25) is 5.82 Å². The van der Waals surface area contributed by atoms with Crippen molar-refractivity contribution in [2.75, 3.05) is 17.6 Å². The Hall–Kier alpha value is -3.69. The number of benzene rings is 1. The van der Waals surface area contributed by atoms with Crippen LogP contribution in [0, 0.1) is 10.1 Å². The first-order chi connectivity index (χ1) is 15.4. The Bertz CT molecular complexity index is 1280. The van der Waals surface area contributed by atoms with E-state index in [1.54, 1.807) is 30.9 Å². The minimum atomic E-state index is -0.566. The molecule has 0 spiro atoms. The van der Waals surface area contributed by atoms with Crippen molar-refractivity contribution in [1.29, 1.82) is 0 Å². The van der Waals surface area contributed by atoms with Crippen LogP contribution in [-0.2, 0) is 6.42 Å². The predicted molar refractivity (Wildman–Crippen MR) is 125 cm³/mol. The number of hydrogen-bond donors (Lipinski definition) is 3. The van der Waals surface area contributed by atoms with Crippen molar-refractivity contribution in [1.82, 2.24) is 19.9 Å². The third-order valence-electron chi connectivity index (χ3n) is 4.78. The van der Waals surface area contributed by atoms with Crippen molar-refractivity contribution in [2.45, 2.75) is 6.42 Å². The Balaban J connectivity index is 1.59. The van der Waals surface area contributed by atoms with Crippen LogP contribution in [-0.4, -0.2) is 31.4 Å². The Morgan fingerprint density at radius 1 is 1.12 bits per heavy atom. The zero-order valence-corrected chi connectivity index (χ0v) is 18.1. The summed E-state index contributed by atoms with van der Waals surface area (Å²) in [6.45, 7) is 0.503. The van der Waals surface area contributed by atoms with Crippen LogP contribution >= 0.6 is 23.2 Å². The molecule has 0 amide bonds. The molecule has 0 aliphatic rings. The number of aromatic amines is 1. The Kier molecular flexibility index (Phi) is 6.20. The minimum Gasteiger partial charge on any atom is -0.378 e. The molecule has 0 bridgehead atoms. The highest BCUT2D eigenvalue weighted by Crippen LogP contribution is 2.32. The number of nitrogens with one attached hydrogen (secondary N) is 2. The molecule has 32 heavy (non-hydrogen) atoms. The molecule has 3 heterocycles. The van der Waals surface area contributed by atoms with Gasteiger partial charge in [-0.05, 0) is 42.3 Å². The van der Waals surface area contributed by atoms with E-state index < -0.39 is 4.92 Å². The van der Waals surface area contributed by atoms with Crippen molar-refractivity contribution < 1.29 is 4.92 Å². The molecule has 0 atom stereocenters. The quantitative estimate of drug-likeness (QED) is 0.256. The number of nitrogens with two attached hydrogens (primary N) is 1. The maximum Gasteiger partial charge on any atom is 0.311 e. The van der Waals surface area contributed by atoms with Crippen LogP contribution in [0.3, 0.4) is 0 Å². The number of nitrogens with zero attached hydrogens (tertiary/aromatic N) is 4. The zero-order chi connectivity index (χ0) is 22.7. The second kappa shape index (κ2) is 9.21. The Morgan fingerprint density at radius 2 is 1.97 bits per heavy atom. The van der Waals surface area contributed by atoms with E-state index >= 15 is 0 Å². The van der Waals surface area contributed by atoms with Crippen LogP contribution in [0.4, 0.5) is 17.3 Å². The van der Waals surface area contributed by atoms with Gasteiger partial charge < -0.3 is 16.0 Å². The van der Waals surface area contributed by atoms with Gasteiger partial charge in [0.25, 0.3) is 0 Å². The van der Waals surface area contributed by atoms with Gasteiger partial charge in [-0.1, -0.05) is 23.2 Å². The van der Waals surface area contributed by atoms with Crippen molar-refractivity contribution in [2.24, 2.45) is 0 Å². The summed E-state index contributed by atoms with van der Waals surface area (Å²) in [5.74, 6) is 0.313. The van der Waals surface area contributed by atoms with Crippen LogP contribution in [0.5, 0.6) is 0 Å². The second-order valence-corrected chi connectivity index (χ2v) is 7.69. The largest absolute Gasteiger partial charge is 0.378 e. The third-order valence-corrected chi connectivity index (χ3v) is 5.33. The molecule has 11 heteroatoms. The summed E-state index contributed by atoms with van der Waals surface area (Å²) >= 11 is 12.4. The van der Waals surface area contributed by atoms with Gasteiger partial charge in [-0.3, -0.25) is 15.1 Å². The molecule has 3 aromatic heterocycles. The lowest BCUT2D eigenvalue weighted by molar-refractivity contribution is -0.384. The van der Waals surface area contributed by atoms with Gasteiger partial charge in [-0.25, -0.2) is 9.97 Å². The summed E-state index contributed by atoms with van der Waals surface area (Å²) in [4.78, 5) is 26.1. The predicted octanol–water partition coefficient (Wildman–Crippen LogP) is 4.99. The summed E-state index contributed by atoms with van der Waals surface area (Å²) in [6, 6.07) is 10.1. The van der Waals surface area contributed by atoms with Gasteiger partial charge in [-0.15, -0.1) is 0 Å². The van der Waals surface area contributed by atoms with E-state index in [1.165, 1.54) is 12.1 Å². The lowest BCUT2D eigenvalue weighted by Crippen LogP contribution is -2.09. The molecule has 4 rings (SSSR count). The lowest BCUT2D eigenvalue weighted by Gasteiger charge is -2.12. The summed E-state index contributed by atoms with van der Waals surface area (Å²) < 4.78 is 0. The molecule has 9 nitrogen and oxygen atoms in total.